The zero-order chi connectivity index (χ0) is 13.7. The predicted octanol–water partition coefficient (Wildman–Crippen LogP) is 4.26. The largest absolute Gasteiger partial charge is 0.453 e. The van der Waals surface area contributed by atoms with Gasteiger partial charge >= 0.3 is 6.09 Å². The zero-order valence-electron chi connectivity index (χ0n) is 10.3. The molecule has 2 rings (SSSR count). The fourth-order valence-electron chi connectivity index (χ4n) is 1.52. The average Bonchev–Trinajstić information content (AvgIpc) is 2.43. The molecule has 1 amide bonds. The maximum Gasteiger partial charge on any atom is 0.411 e. The van der Waals surface area contributed by atoms with Crippen LogP contribution in [0.1, 0.15) is 0 Å². The van der Waals surface area contributed by atoms with Crippen molar-refractivity contribution in [3.63, 3.8) is 0 Å². The van der Waals surface area contributed by atoms with Crippen LogP contribution in [0, 0.1) is 0 Å². The minimum absolute atomic E-state index is 0.494. The second-order valence-corrected chi connectivity index (χ2v) is 4.21. The molecule has 0 atom stereocenters. The number of para-hydroxylation sites is 1. The first-order valence-corrected chi connectivity index (χ1v) is 6.03. The van der Waals surface area contributed by atoms with E-state index in [2.05, 4.69) is 15.4 Å². The molecule has 0 spiro atoms. The molecule has 0 saturated carbocycles. The van der Waals surface area contributed by atoms with Gasteiger partial charge in [-0.05, 0) is 36.4 Å². The molecule has 0 radical (unpaired) electrons. The Kier molecular flexibility index (Phi) is 4.26. The van der Waals surface area contributed by atoms with Crippen LogP contribution in [0.5, 0.6) is 0 Å². The Morgan fingerprint density at radius 1 is 1.05 bits per heavy atom. The smallest absolute Gasteiger partial charge is 0.411 e. The van der Waals surface area contributed by atoms with E-state index >= 15 is 0 Å². The fourth-order valence-corrected chi connectivity index (χ4v) is 1.71. The molecule has 2 aromatic carbocycles. The molecule has 0 aliphatic carbocycles. The van der Waals surface area contributed by atoms with Crippen LogP contribution in [0.2, 0.25) is 5.02 Å². The minimum atomic E-state index is -0.494. The average molecular weight is 277 g/mol. The first kappa shape index (κ1) is 13.2. The SMILES string of the molecule is COC(=O)Nc1ccc(Nc2ccccc2Cl)cc1. The monoisotopic (exact) mass is 276 g/mol. The summed E-state index contributed by atoms with van der Waals surface area (Å²) in [6.45, 7) is 0. The molecule has 0 saturated heterocycles. The zero-order valence-corrected chi connectivity index (χ0v) is 11.1. The topological polar surface area (TPSA) is 50.4 Å². The Balaban J connectivity index is 2.07. The highest BCUT2D eigenvalue weighted by Gasteiger charge is 2.02. The van der Waals surface area contributed by atoms with Gasteiger partial charge in [-0.1, -0.05) is 23.7 Å². The number of carbonyl (C=O) groups is 1. The van der Waals surface area contributed by atoms with E-state index in [1.165, 1.54) is 7.11 Å². The van der Waals surface area contributed by atoms with Crippen LogP contribution < -0.4 is 10.6 Å². The third-order valence-electron chi connectivity index (χ3n) is 2.47. The summed E-state index contributed by atoms with van der Waals surface area (Å²) in [5, 5.41) is 6.42. The van der Waals surface area contributed by atoms with Crippen molar-refractivity contribution in [2.45, 2.75) is 0 Å². The number of rotatable bonds is 3. The summed E-state index contributed by atoms with van der Waals surface area (Å²) in [5.74, 6) is 0. The van der Waals surface area contributed by atoms with Gasteiger partial charge in [-0.2, -0.15) is 0 Å². The highest BCUT2D eigenvalue weighted by Crippen LogP contribution is 2.25. The van der Waals surface area contributed by atoms with Crippen molar-refractivity contribution in [2.75, 3.05) is 17.7 Å². The van der Waals surface area contributed by atoms with Crippen molar-refractivity contribution in [3.05, 3.63) is 53.6 Å². The number of carbonyl (C=O) groups excluding carboxylic acids is 1. The molecule has 5 heteroatoms. The van der Waals surface area contributed by atoms with Crippen LogP contribution in [-0.4, -0.2) is 13.2 Å². The Labute approximate surface area is 116 Å². The van der Waals surface area contributed by atoms with Crippen molar-refractivity contribution in [1.82, 2.24) is 0 Å². The van der Waals surface area contributed by atoms with Crippen molar-refractivity contribution in [2.24, 2.45) is 0 Å². The first-order chi connectivity index (χ1) is 9.19. The lowest BCUT2D eigenvalue weighted by molar-refractivity contribution is 0.187. The lowest BCUT2D eigenvalue weighted by Gasteiger charge is -2.09. The Hall–Kier alpha value is -2.20. The van der Waals surface area contributed by atoms with E-state index in [1.54, 1.807) is 12.1 Å². The van der Waals surface area contributed by atoms with E-state index in [4.69, 9.17) is 11.6 Å². The quantitative estimate of drug-likeness (QED) is 0.880. The molecule has 0 fully saturated rings. The van der Waals surface area contributed by atoms with Gasteiger partial charge in [0.2, 0.25) is 0 Å². The number of methoxy groups -OCH3 is 1. The van der Waals surface area contributed by atoms with Gasteiger partial charge in [0.25, 0.3) is 0 Å². The lowest BCUT2D eigenvalue weighted by atomic mass is 10.2. The summed E-state index contributed by atoms with van der Waals surface area (Å²) < 4.78 is 4.51. The summed E-state index contributed by atoms with van der Waals surface area (Å²) >= 11 is 6.06. The van der Waals surface area contributed by atoms with Gasteiger partial charge in [-0.25, -0.2) is 4.79 Å². The highest BCUT2D eigenvalue weighted by atomic mass is 35.5. The van der Waals surface area contributed by atoms with E-state index < -0.39 is 6.09 Å². The number of halogens is 1. The van der Waals surface area contributed by atoms with Crippen LogP contribution >= 0.6 is 11.6 Å². The highest BCUT2D eigenvalue weighted by molar-refractivity contribution is 6.33. The van der Waals surface area contributed by atoms with Gasteiger partial charge in [0.1, 0.15) is 0 Å². The van der Waals surface area contributed by atoms with E-state index in [9.17, 15) is 4.79 Å². The molecule has 98 valence electrons. The van der Waals surface area contributed by atoms with Crippen LogP contribution in [0.3, 0.4) is 0 Å². The number of hydrogen-bond acceptors (Lipinski definition) is 3. The summed E-state index contributed by atoms with van der Waals surface area (Å²) in [7, 11) is 1.32. The summed E-state index contributed by atoms with van der Waals surface area (Å²) in [6, 6.07) is 14.7. The molecule has 0 aliphatic heterocycles. The van der Waals surface area contributed by atoms with Gasteiger partial charge in [0.15, 0.2) is 0 Å². The maximum absolute atomic E-state index is 11.0. The van der Waals surface area contributed by atoms with Crippen LogP contribution in [0.25, 0.3) is 0 Å². The summed E-state index contributed by atoms with van der Waals surface area (Å²) in [5.41, 5.74) is 2.37. The molecule has 0 bridgehead atoms. The van der Waals surface area contributed by atoms with Crippen molar-refractivity contribution in [3.8, 4) is 0 Å². The standard InChI is InChI=1S/C14H13ClN2O2/c1-19-14(18)17-11-8-6-10(7-9-11)16-13-5-3-2-4-12(13)15/h2-9,16H,1H3,(H,17,18). The van der Waals surface area contributed by atoms with E-state index in [0.29, 0.717) is 10.7 Å². The molecule has 0 aliphatic rings. The molecule has 2 N–H and O–H groups in total. The Morgan fingerprint density at radius 3 is 2.32 bits per heavy atom. The Morgan fingerprint density at radius 2 is 1.68 bits per heavy atom. The number of anilines is 3. The van der Waals surface area contributed by atoms with Crippen LogP contribution in [0.4, 0.5) is 21.9 Å². The van der Waals surface area contributed by atoms with E-state index in [-0.39, 0.29) is 0 Å². The molecular formula is C14H13ClN2O2. The number of hydrogen-bond donors (Lipinski definition) is 2. The molecule has 4 nitrogen and oxygen atoms in total. The van der Waals surface area contributed by atoms with Gasteiger partial charge in [0.05, 0.1) is 17.8 Å². The summed E-state index contributed by atoms with van der Waals surface area (Å²) in [4.78, 5) is 11.0. The van der Waals surface area contributed by atoms with E-state index in [1.807, 2.05) is 36.4 Å². The molecule has 0 aromatic heterocycles. The van der Waals surface area contributed by atoms with Crippen molar-refractivity contribution in [1.29, 1.82) is 0 Å². The summed E-state index contributed by atoms with van der Waals surface area (Å²) in [6.07, 6.45) is -0.494. The number of benzene rings is 2. The minimum Gasteiger partial charge on any atom is -0.453 e. The third-order valence-corrected chi connectivity index (χ3v) is 2.80. The normalized spacial score (nSPS) is 9.79. The maximum atomic E-state index is 11.0. The molecular weight excluding hydrogens is 264 g/mol. The second kappa shape index (κ2) is 6.11. The lowest BCUT2D eigenvalue weighted by Crippen LogP contribution is -2.10. The third kappa shape index (κ3) is 3.63. The molecule has 0 unspecified atom stereocenters. The van der Waals surface area contributed by atoms with Gasteiger partial charge in [-0.3, -0.25) is 5.32 Å². The molecule has 19 heavy (non-hydrogen) atoms. The van der Waals surface area contributed by atoms with Crippen molar-refractivity contribution < 1.29 is 9.53 Å². The molecule has 2 aromatic rings. The van der Waals surface area contributed by atoms with E-state index in [0.717, 1.165) is 11.4 Å². The first-order valence-electron chi connectivity index (χ1n) is 5.65. The van der Waals surface area contributed by atoms with Gasteiger partial charge < -0.3 is 10.1 Å². The van der Waals surface area contributed by atoms with Crippen molar-refractivity contribution >= 4 is 34.8 Å². The Bertz CT molecular complexity index is 570. The number of ether oxygens (including phenoxy) is 1. The van der Waals surface area contributed by atoms with Gasteiger partial charge in [-0.15, -0.1) is 0 Å². The van der Waals surface area contributed by atoms with Gasteiger partial charge in [0, 0.05) is 11.4 Å². The number of nitrogens with one attached hydrogen (secondary N) is 2. The second-order valence-electron chi connectivity index (χ2n) is 3.80. The van der Waals surface area contributed by atoms with Crippen LogP contribution in [-0.2, 0) is 4.74 Å². The number of amides is 1. The fraction of sp³-hybridized carbons (Fsp3) is 0.0714. The predicted molar refractivity (Wildman–Crippen MR) is 77.2 cm³/mol. The van der Waals surface area contributed by atoms with Crippen LogP contribution in [0.15, 0.2) is 48.5 Å². The molecule has 0 heterocycles.